The Labute approximate surface area is 120 Å². The van der Waals surface area contributed by atoms with E-state index in [0.717, 1.165) is 17.9 Å². The van der Waals surface area contributed by atoms with Gasteiger partial charge >= 0.3 is 0 Å². The van der Waals surface area contributed by atoms with Crippen LogP contribution in [0.4, 0.5) is 0 Å². The Morgan fingerprint density at radius 2 is 2.05 bits per heavy atom. The van der Waals surface area contributed by atoms with Crippen LogP contribution in [-0.2, 0) is 6.54 Å². The number of imidazole rings is 1. The molecule has 0 aliphatic heterocycles. The Kier molecular flexibility index (Phi) is 4.39. The van der Waals surface area contributed by atoms with E-state index < -0.39 is 0 Å². The second kappa shape index (κ2) is 6.05. The van der Waals surface area contributed by atoms with Crippen LogP contribution in [0, 0.1) is 0 Å². The molecule has 0 spiro atoms. The fourth-order valence-electron chi connectivity index (χ4n) is 1.79. The summed E-state index contributed by atoms with van der Waals surface area (Å²) < 4.78 is 7.38. The number of nitrogens with one attached hydrogen (secondary N) is 1. The van der Waals surface area contributed by atoms with Crippen LogP contribution in [0.1, 0.15) is 33.4 Å². The van der Waals surface area contributed by atoms with Gasteiger partial charge in [0.05, 0.1) is 30.5 Å². The molecule has 0 amide bonds. The molecule has 2 heterocycles. The smallest absolute Gasteiger partial charge is 0.213 e. The quantitative estimate of drug-likeness (QED) is 0.910. The summed E-state index contributed by atoms with van der Waals surface area (Å²) in [5.74, 6) is 0.644. The number of rotatable bonds is 5. The molecule has 0 fully saturated rings. The Hall–Kier alpha value is -1.88. The summed E-state index contributed by atoms with van der Waals surface area (Å²) >= 11 is 0. The van der Waals surface area contributed by atoms with Crippen LogP contribution in [0.3, 0.4) is 0 Å². The number of nitrogens with zero attached hydrogens (tertiary/aromatic N) is 3. The normalized spacial score (nSPS) is 11.6. The lowest BCUT2D eigenvalue weighted by Gasteiger charge is -2.20. The van der Waals surface area contributed by atoms with Gasteiger partial charge in [-0.3, -0.25) is 0 Å². The van der Waals surface area contributed by atoms with Crippen LogP contribution in [0.5, 0.6) is 5.88 Å². The van der Waals surface area contributed by atoms with E-state index in [-0.39, 0.29) is 5.54 Å². The van der Waals surface area contributed by atoms with Gasteiger partial charge in [-0.05, 0) is 33.8 Å². The minimum Gasteiger partial charge on any atom is -0.478 e. The predicted octanol–water partition coefficient (Wildman–Crippen LogP) is 2.55. The third-order valence-corrected chi connectivity index (χ3v) is 2.81. The van der Waals surface area contributed by atoms with Gasteiger partial charge in [-0.1, -0.05) is 0 Å². The van der Waals surface area contributed by atoms with Crippen molar-refractivity contribution in [1.82, 2.24) is 19.9 Å². The van der Waals surface area contributed by atoms with Crippen LogP contribution in [0.25, 0.3) is 5.69 Å². The summed E-state index contributed by atoms with van der Waals surface area (Å²) in [5.41, 5.74) is 2.16. The van der Waals surface area contributed by atoms with Crippen molar-refractivity contribution in [2.75, 3.05) is 6.61 Å². The molecule has 0 atom stereocenters. The summed E-state index contributed by atoms with van der Waals surface area (Å²) in [4.78, 5) is 8.51. The van der Waals surface area contributed by atoms with E-state index >= 15 is 0 Å². The zero-order valence-electron chi connectivity index (χ0n) is 12.6. The van der Waals surface area contributed by atoms with E-state index in [0.29, 0.717) is 12.5 Å². The molecule has 0 unspecified atom stereocenters. The third-order valence-electron chi connectivity index (χ3n) is 2.81. The van der Waals surface area contributed by atoms with Crippen LogP contribution >= 0.6 is 0 Å². The van der Waals surface area contributed by atoms with Crippen molar-refractivity contribution < 1.29 is 4.74 Å². The summed E-state index contributed by atoms with van der Waals surface area (Å²) in [6, 6.07) is 3.86. The molecule has 0 aliphatic carbocycles. The fraction of sp³-hybridized carbons (Fsp3) is 0.467. The molecule has 2 aromatic heterocycles. The molecule has 0 saturated carbocycles. The highest BCUT2D eigenvalue weighted by molar-refractivity contribution is 5.33. The van der Waals surface area contributed by atoms with Gasteiger partial charge in [-0.15, -0.1) is 0 Å². The topological polar surface area (TPSA) is 52.0 Å². The first-order chi connectivity index (χ1) is 9.49. The average Bonchev–Trinajstić information content (AvgIpc) is 2.85. The SMILES string of the molecule is CCOc1ccc(-n2cncc2CNC(C)(C)C)cn1. The van der Waals surface area contributed by atoms with E-state index in [9.17, 15) is 0 Å². The standard InChI is InChI=1S/C15H22N4O/c1-5-20-14-7-6-12(9-17-14)19-11-16-8-13(19)10-18-15(2,3)4/h6-9,11,18H,5,10H2,1-4H3. The van der Waals surface area contributed by atoms with Gasteiger partial charge in [-0.2, -0.15) is 0 Å². The molecule has 2 aromatic rings. The highest BCUT2D eigenvalue weighted by Gasteiger charge is 2.11. The number of hydrogen-bond donors (Lipinski definition) is 1. The van der Waals surface area contributed by atoms with E-state index in [2.05, 4.69) is 36.1 Å². The summed E-state index contributed by atoms with van der Waals surface area (Å²) in [6.07, 6.45) is 5.47. The lowest BCUT2D eigenvalue weighted by molar-refractivity contribution is 0.327. The molecule has 1 N–H and O–H groups in total. The second-order valence-corrected chi connectivity index (χ2v) is 5.65. The van der Waals surface area contributed by atoms with Gasteiger partial charge < -0.3 is 14.6 Å². The molecule has 0 saturated heterocycles. The maximum absolute atomic E-state index is 5.35. The van der Waals surface area contributed by atoms with E-state index in [4.69, 9.17) is 4.74 Å². The first-order valence-corrected chi connectivity index (χ1v) is 6.85. The van der Waals surface area contributed by atoms with Crippen molar-refractivity contribution in [3.8, 4) is 11.6 Å². The van der Waals surface area contributed by atoms with Crippen molar-refractivity contribution in [1.29, 1.82) is 0 Å². The highest BCUT2D eigenvalue weighted by Crippen LogP contribution is 2.14. The zero-order chi connectivity index (χ0) is 14.6. The molecule has 0 aromatic carbocycles. The Morgan fingerprint density at radius 1 is 1.25 bits per heavy atom. The molecule has 5 nitrogen and oxygen atoms in total. The molecular weight excluding hydrogens is 252 g/mol. The average molecular weight is 274 g/mol. The van der Waals surface area contributed by atoms with Crippen molar-refractivity contribution in [2.45, 2.75) is 39.8 Å². The number of hydrogen-bond acceptors (Lipinski definition) is 4. The summed E-state index contributed by atoms with van der Waals surface area (Å²) in [7, 11) is 0. The van der Waals surface area contributed by atoms with Gasteiger partial charge in [0.25, 0.3) is 0 Å². The van der Waals surface area contributed by atoms with E-state index in [1.165, 1.54) is 0 Å². The molecule has 0 bridgehead atoms. The van der Waals surface area contributed by atoms with Crippen molar-refractivity contribution in [3.05, 3.63) is 36.5 Å². The summed E-state index contributed by atoms with van der Waals surface area (Å²) in [5, 5.41) is 3.46. The first-order valence-electron chi connectivity index (χ1n) is 6.85. The van der Waals surface area contributed by atoms with Crippen molar-refractivity contribution in [2.24, 2.45) is 0 Å². The third kappa shape index (κ3) is 3.81. The van der Waals surface area contributed by atoms with Gasteiger partial charge in [0, 0.05) is 24.3 Å². The van der Waals surface area contributed by atoms with Crippen molar-refractivity contribution >= 4 is 0 Å². The second-order valence-electron chi connectivity index (χ2n) is 5.65. The summed E-state index contributed by atoms with van der Waals surface area (Å²) in [6.45, 7) is 9.76. The van der Waals surface area contributed by atoms with Crippen LogP contribution in [0.15, 0.2) is 30.9 Å². The maximum Gasteiger partial charge on any atom is 0.213 e. The predicted molar refractivity (Wildman–Crippen MR) is 79.1 cm³/mol. The molecule has 5 heteroatoms. The first kappa shape index (κ1) is 14.5. The fourth-order valence-corrected chi connectivity index (χ4v) is 1.79. The Morgan fingerprint density at radius 3 is 2.65 bits per heavy atom. The van der Waals surface area contributed by atoms with Gasteiger partial charge in [0.2, 0.25) is 5.88 Å². The number of pyridine rings is 1. The minimum absolute atomic E-state index is 0.0756. The minimum atomic E-state index is 0.0756. The van der Waals surface area contributed by atoms with E-state index in [1.54, 1.807) is 12.5 Å². The van der Waals surface area contributed by atoms with Gasteiger partial charge in [-0.25, -0.2) is 9.97 Å². The van der Waals surface area contributed by atoms with Crippen LogP contribution in [0.2, 0.25) is 0 Å². The lowest BCUT2D eigenvalue weighted by Crippen LogP contribution is -2.35. The monoisotopic (exact) mass is 274 g/mol. The van der Waals surface area contributed by atoms with E-state index in [1.807, 2.05) is 29.8 Å². The zero-order valence-corrected chi connectivity index (χ0v) is 12.6. The van der Waals surface area contributed by atoms with Gasteiger partial charge in [0.15, 0.2) is 0 Å². The van der Waals surface area contributed by atoms with Crippen LogP contribution in [-0.4, -0.2) is 26.7 Å². The molecule has 20 heavy (non-hydrogen) atoms. The Bertz CT molecular complexity index is 540. The number of ether oxygens (including phenoxy) is 1. The maximum atomic E-state index is 5.35. The van der Waals surface area contributed by atoms with Gasteiger partial charge in [0.1, 0.15) is 0 Å². The van der Waals surface area contributed by atoms with Crippen LogP contribution < -0.4 is 10.1 Å². The molecule has 2 rings (SSSR count). The highest BCUT2D eigenvalue weighted by atomic mass is 16.5. The van der Waals surface area contributed by atoms with Crippen molar-refractivity contribution in [3.63, 3.8) is 0 Å². The number of aromatic nitrogens is 3. The molecule has 108 valence electrons. The molecule has 0 radical (unpaired) electrons. The largest absolute Gasteiger partial charge is 0.478 e. The molecular formula is C15H22N4O. The molecule has 0 aliphatic rings. The Balaban J connectivity index is 2.14. The lowest BCUT2D eigenvalue weighted by atomic mass is 10.1.